The van der Waals surface area contributed by atoms with E-state index < -0.39 is 0 Å². The summed E-state index contributed by atoms with van der Waals surface area (Å²) in [5.74, 6) is 0.307. The zero-order valence-electron chi connectivity index (χ0n) is 7.43. The van der Waals surface area contributed by atoms with Crippen molar-refractivity contribution in [1.82, 2.24) is 0 Å². The van der Waals surface area contributed by atoms with E-state index in [0.717, 1.165) is 11.4 Å². The third-order valence-corrected chi connectivity index (χ3v) is 2.45. The van der Waals surface area contributed by atoms with E-state index in [2.05, 4.69) is 0 Å². The Morgan fingerprint density at radius 3 is 1.29 bits per heavy atom. The minimum absolute atomic E-state index is 0.153. The van der Waals surface area contributed by atoms with Crippen molar-refractivity contribution in [2.45, 2.75) is 0 Å². The molecule has 1 aromatic carbocycles. The van der Waals surface area contributed by atoms with Crippen LogP contribution in [0.2, 0.25) is 0 Å². The zero-order chi connectivity index (χ0) is 9.71. The fourth-order valence-electron chi connectivity index (χ4n) is 1.48. The summed E-state index contributed by atoms with van der Waals surface area (Å²) >= 11 is 0. The lowest BCUT2D eigenvalue weighted by molar-refractivity contribution is -0.110. The van der Waals surface area contributed by atoms with Gasteiger partial charge in [0.05, 0.1) is 0 Å². The Balaban J connectivity index is 1.83. The van der Waals surface area contributed by atoms with Crippen LogP contribution in [0.15, 0.2) is 24.3 Å². The average Bonchev–Trinajstić information content (AvgIpc) is 3.06. The molecule has 2 aliphatic heterocycles. The third kappa shape index (κ3) is 1.08. The predicted octanol–water partition coefficient (Wildman–Crippen LogP) is 0.380. The minimum atomic E-state index is 0.153. The molecule has 0 N–H and O–H groups in total. The number of amides is 2. The highest BCUT2D eigenvalue weighted by atomic mass is 16.2. The van der Waals surface area contributed by atoms with Gasteiger partial charge in [0.2, 0.25) is 11.8 Å². The molecule has 4 heteroatoms. The second kappa shape index (κ2) is 2.35. The van der Waals surface area contributed by atoms with E-state index in [0.29, 0.717) is 13.1 Å². The van der Waals surface area contributed by atoms with Gasteiger partial charge in [-0.3, -0.25) is 9.59 Å². The van der Waals surface area contributed by atoms with Crippen LogP contribution in [-0.4, -0.2) is 24.9 Å². The Bertz CT molecular complexity index is 383. The molecule has 2 heterocycles. The minimum Gasteiger partial charge on any atom is -0.301 e. The lowest BCUT2D eigenvalue weighted by Crippen LogP contribution is -1.96. The van der Waals surface area contributed by atoms with Crippen LogP contribution in [0.5, 0.6) is 0 Å². The first-order valence-corrected chi connectivity index (χ1v) is 4.46. The molecule has 0 unspecified atom stereocenters. The van der Waals surface area contributed by atoms with Gasteiger partial charge in [-0.15, -0.1) is 0 Å². The maximum Gasteiger partial charge on any atom is 0.247 e. The number of hydrogen-bond donors (Lipinski definition) is 0. The van der Waals surface area contributed by atoms with E-state index in [1.807, 2.05) is 24.3 Å². The molecule has 0 radical (unpaired) electrons. The molecule has 2 saturated heterocycles. The smallest absolute Gasteiger partial charge is 0.247 e. The molecule has 1 aromatic rings. The van der Waals surface area contributed by atoms with E-state index in [1.54, 1.807) is 9.80 Å². The van der Waals surface area contributed by atoms with E-state index >= 15 is 0 Å². The Morgan fingerprint density at radius 2 is 1.07 bits per heavy atom. The van der Waals surface area contributed by atoms with E-state index in [9.17, 15) is 9.59 Å². The summed E-state index contributed by atoms with van der Waals surface area (Å²) in [4.78, 5) is 25.0. The fourth-order valence-corrected chi connectivity index (χ4v) is 1.48. The molecule has 0 saturated carbocycles. The van der Waals surface area contributed by atoms with Gasteiger partial charge in [0.1, 0.15) is 13.1 Å². The van der Waals surface area contributed by atoms with E-state index in [4.69, 9.17) is 0 Å². The van der Waals surface area contributed by atoms with Gasteiger partial charge < -0.3 is 9.80 Å². The van der Waals surface area contributed by atoms with Crippen LogP contribution in [0.25, 0.3) is 0 Å². The third-order valence-electron chi connectivity index (χ3n) is 2.45. The molecular weight excluding hydrogens is 180 g/mol. The van der Waals surface area contributed by atoms with Crippen molar-refractivity contribution in [3.63, 3.8) is 0 Å². The highest BCUT2D eigenvalue weighted by Gasteiger charge is 2.33. The van der Waals surface area contributed by atoms with Gasteiger partial charge in [0, 0.05) is 11.4 Å². The van der Waals surface area contributed by atoms with Crippen LogP contribution < -0.4 is 9.80 Å². The standard InChI is InChI=1S/C10H8N2O2/c13-9-5-11(9)7-1-2-8(4-3-7)12-6-10(12)14/h1-4H,5-6H2. The van der Waals surface area contributed by atoms with E-state index in [1.165, 1.54) is 0 Å². The zero-order valence-corrected chi connectivity index (χ0v) is 7.43. The van der Waals surface area contributed by atoms with Crippen molar-refractivity contribution in [2.24, 2.45) is 0 Å². The second-order valence-corrected chi connectivity index (χ2v) is 3.48. The molecule has 3 rings (SSSR count). The molecule has 0 bridgehead atoms. The van der Waals surface area contributed by atoms with Gasteiger partial charge >= 0.3 is 0 Å². The number of hydrogen-bond acceptors (Lipinski definition) is 2. The first-order valence-electron chi connectivity index (χ1n) is 4.46. The number of rotatable bonds is 2. The van der Waals surface area contributed by atoms with Crippen LogP contribution in [0, 0.1) is 0 Å². The maximum absolute atomic E-state index is 10.8. The van der Waals surface area contributed by atoms with Gasteiger partial charge in [0.15, 0.2) is 0 Å². The van der Waals surface area contributed by atoms with Crippen LogP contribution in [0.3, 0.4) is 0 Å². The Kier molecular flexibility index (Phi) is 1.27. The van der Waals surface area contributed by atoms with Crippen molar-refractivity contribution in [3.05, 3.63) is 24.3 Å². The Labute approximate surface area is 80.7 Å². The van der Waals surface area contributed by atoms with Crippen molar-refractivity contribution in [1.29, 1.82) is 0 Å². The lowest BCUT2D eigenvalue weighted by Gasteiger charge is -2.03. The van der Waals surface area contributed by atoms with Crippen molar-refractivity contribution < 1.29 is 9.59 Å². The highest BCUT2D eigenvalue weighted by Crippen LogP contribution is 2.28. The van der Waals surface area contributed by atoms with Gasteiger partial charge in [0.25, 0.3) is 0 Å². The topological polar surface area (TPSA) is 40.2 Å². The second-order valence-electron chi connectivity index (χ2n) is 3.48. The van der Waals surface area contributed by atoms with Gasteiger partial charge in [-0.25, -0.2) is 0 Å². The van der Waals surface area contributed by atoms with Crippen LogP contribution in [0.1, 0.15) is 0 Å². The van der Waals surface area contributed by atoms with E-state index in [-0.39, 0.29) is 11.8 Å². The SMILES string of the molecule is O=C1CN1c1ccc(N2CC2=O)cc1. The van der Waals surface area contributed by atoms with Crippen molar-refractivity contribution in [3.8, 4) is 0 Å². The Morgan fingerprint density at radius 1 is 0.786 bits per heavy atom. The van der Waals surface area contributed by atoms with Crippen molar-refractivity contribution in [2.75, 3.05) is 22.9 Å². The molecule has 14 heavy (non-hydrogen) atoms. The predicted molar refractivity (Wildman–Crippen MR) is 51.1 cm³/mol. The maximum atomic E-state index is 10.8. The monoisotopic (exact) mass is 188 g/mol. The molecule has 4 nitrogen and oxygen atoms in total. The first-order chi connectivity index (χ1) is 6.75. The van der Waals surface area contributed by atoms with Crippen LogP contribution >= 0.6 is 0 Å². The summed E-state index contributed by atoms with van der Waals surface area (Å²) in [6.45, 7) is 1.03. The van der Waals surface area contributed by atoms with Crippen LogP contribution in [0.4, 0.5) is 11.4 Å². The number of anilines is 2. The van der Waals surface area contributed by atoms with Crippen LogP contribution in [-0.2, 0) is 9.59 Å². The number of carbonyl (C=O) groups excluding carboxylic acids is 2. The molecule has 2 fully saturated rings. The molecule has 0 aliphatic carbocycles. The molecule has 70 valence electrons. The molecule has 0 atom stereocenters. The summed E-state index contributed by atoms with van der Waals surface area (Å²) < 4.78 is 0. The molecule has 2 aliphatic rings. The van der Waals surface area contributed by atoms with Gasteiger partial charge in [-0.1, -0.05) is 0 Å². The largest absolute Gasteiger partial charge is 0.301 e. The van der Waals surface area contributed by atoms with Gasteiger partial charge in [-0.2, -0.15) is 0 Å². The molecule has 2 amide bonds. The molecule has 0 spiro atoms. The summed E-state index contributed by atoms with van der Waals surface area (Å²) in [7, 11) is 0. The highest BCUT2D eigenvalue weighted by molar-refractivity contribution is 6.13. The van der Waals surface area contributed by atoms with Gasteiger partial charge in [-0.05, 0) is 24.3 Å². The molecule has 0 aromatic heterocycles. The molecular formula is C10H8N2O2. The number of nitrogens with zero attached hydrogens (tertiary/aromatic N) is 2. The first kappa shape index (κ1) is 7.55. The summed E-state index contributed by atoms with van der Waals surface area (Å²) in [6.07, 6.45) is 0. The summed E-state index contributed by atoms with van der Waals surface area (Å²) in [5, 5.41) is 0. The quantitative estimate of drug-likeness (QED) is 0.629. The Hall–Kier alpha value is -1.84. The summed E-state index contributed by atoms with van der Waals surface area (Å²) in [5.41, 5.74) is 1.82. The van der Waals surface area contributed by atoms with Crippen molar-refractivity contribution >= 4 is 23.2 Å². The normalized spacial score (nSPS) is 18.9. The number of carbonyl (C=O) groups is 2. The summed E-state index contributed by atoms with van der Waals surface area (Å²) in [6, 6.07) is 7.47. The fraction of sp³-hybridized carbons (Fsp3) is 0.200. The average molecular weight is 188 g/mol. The number of benzene rings is 1. The lowest BCUT2D eigenvalue weighted by atomic mass is 10.3.